The molecule has 122 valence electrons. The van der Waals surface area contributed by atoms with Crippen molar-refractivity contribution in [2.24, 2.45) is 5.92 Å². The minimum absolute atomic E-state index is 0.0174. The number of fused-ring (bicyclic) bond motifs is 1. The number of amides is 2. The first-order chi connectivity index (χ1) is 11.6. The zero-order chi connectivity index (χ0) is 16.7. The van der Waals surface area contributed by atoms with Crippen molar-refractivity contribution >= 4 is 17.6 Å². The molecule has 1 fully saturated rings. The molecule has 6 nitrogen and oxygen atoms in total. The summed E-state index contributed by atoms with van der Waals surface area (Å²) in [5.41, 5.74) is 3.68. The van der Waals surface area contributed by atoms with Gasteiger partial charge in [-0.3, -0.25) is 9.59 Å². The minimum atomic E-state index is -0.0174. The van der Waals surface area contributed by atoms with Crippen LogP contribution in [0.2, 0.25) is 0 Å². The van der Waals surface area contributed by atoms with Gasteiger partial charge in [-0.25, -0.2) is 9.97 Å². The summed E-state index contributed by atoms with van der Waals surface area (Å²) in [4.78, 5) is 32.0. The molecule has 2 heterocycles. The Morgan fingerprint density at radius 1 is 1.29 bits per heavy atom. The number of hydrogen-bond acceptors (Lipinski definition) is 4. The first-order valence-electron chi connectivity index (χ1n) is 8.15. The summed E-state index contributed by atoms with van der Waals surface area (Å²) >= 11 is 0. The first-order valence-corrected chi connectivity index (χ1v) is 8.15. The number of anilines is 1. The SMILES string of the molecule is CC1NC(=O)c2ccc(Cc3cc(NC(=O)C4CC4)ncn3)cc21. The number of benzene rings is 1. The van der Waals surface area contributed by atoms with E-state index >= 15 is 0 Å². The van der Waals surface area contributed by atoms with E-state index in [9.17, 15) is 9.59 Å². The molecule has 6 heteroatoms. The molecular weight excluding hydrogens is 304 g/mol. The van der Waals surface area contributed by atoms with E-state index in [1.54, 1.807) is 6.07 Å². The molecule has 4 rings (SSSR count). The molecule has 2 N–H and O–H groups in total. The quantitative estimate of drug-likeness (QED) is 0.904. The van der Waals surface area contributed by atoms with E-state index in [1.807, 2.05) is 25.1 Å². The average molecular weight is 322 g/mol. The molecule has 1 unspecified atom stereocenters. The van der Waals surface area contributed by atoms with Gasteiger partial charge in [0.05, 0.1) is 11.7 Å². The number of aromatic nitrogens is 2. The van der Waals surface area contributed by atoms with Gasteiger partial charge in [-0.2, -0.15) is 0 Å². The van der Waals surface area contributed by atoms with Crippen LogP contribution in [-0.4, -0.2) is 21.8 Å². The van der Waals surface area contributed by atoms with Gasteiger partial charge in [0.25, 0.3) is 5.91 Å². The van der Waals surface area contributed by atoms with Crippen LogP contribution in [0.3, 0.4) is 0 Å². The second kappa shape index (κ2) is 5.70. The number of rotatable bonds is 4. The van der Waals surface area contributed by atoms with Crippen molar-refractivity contribution in [3.8, 4) is 0 Å². The van der Waals surface area contributed by atoms with Gasteiger partial charge in [-0.05, 0) is 37.0 Å². The average Bonchev–Trinajstić information content (AvgIpc) is 3.36. The topological polar surface area (TPSA) is 84.0 Å². The van der Waals surface area contributed by atoms with Crippen LogP contribution in [0, 0.1) is 5.92 Å². The molecule has 1 atom stereocenters. The molecule has 0 radical (unpaired) electrons. The van der Waals surface area contributed by atoms with E-state index in [4.69, 9.17) is 0 Å². The maximum absolute atomic E-state index is 11.8. The van der Waals surface area contributed by atoms with Crippen molar-refractivity contribution in [3.63, 3.8) is 0 Å². The van der Waals surface area contributed by atoms with E-state index in [0.29, 0.717) is 12.2 Å². The van der Waals surface area contributed by atoms with Crippen molar-refractivity contribution in [2.75, 3.05) is 5.32 Å². The molecule has 1 aliphatic carbocycles. The lowest BCUT2D eigenvalue weighted by atomic mass is 10.00. The predicted octanol–water partition coefficient (Wildman–Crippen LogP) is 2.22. The van der Waals surface area contributed by atoms with Crippen LogP contribution in [-0.2, 0) is 11.2 Å². The summed E-state index contributed by atoms with van der Waals surface area (Å²) in [6.07, 6.45) is 4.02. The molecule has 2 aliphatic rings. The van der Waals surface area contributed by atoms with E-state index in [2.05, 4.69) is 20.6 Å². The third-order valence-corrected chi connectivity index (χ3v) is 4.48. The lowest BCUT2D eigenvalue weighted by Crippen LogP contribution is -2.16. The Hall–Kier alpha value is -2.76. The summed E-state index contributed by atoms with van der Waals surface area (Å²) in [6.45, 7) is 1.98. The lowest BCUT2D eigenvalue weighted by Gasteiger charge is -2.08. The molecule has 0 bridgehead atoms. The Labute approximate surface area is 139 Å². The van der Waals surface area contributed by atoms with Crippen LogP contribution < -0.4 is 10.6 Å². The highest BCUT2D eigenvalue weighted by Gasteiger charge is 2.30. The van der Waals surface area contributed by atoms with Gasteiger partial charge in [0.15, 0.2) is 0 Å². The third kappa shape index (κ3) is 2.87. The Morgan fingerprint density at radius 3 is 2.92 bits per heavy atom. The van der Waals surface area contributed by atoms with E-state index < -0.39 is 0 Å². The van der Waals surface area contributed by atoms with Crippen LogP contribution in [0.15, 0.2) is 30.6 Å². The number of carbonyl (C=O) groups excluding carboxylic acids is 2. The fourth-order valence-electron chi connectivity index (χ4n) is 2.98. The number of carbonyl (C=O) groups is 2. The highest BCUT2D eigenvalue weighted by atomic mass is 16.2. The maximum Gasteiger partial charge on any atom is 0.252 e. The van der Waals surface area contributed by atoms with Gasteiger partial charge < -0.3 is 10.6 Å². The van der Waals surface area contributed by atoms with Gasteiger partial charge in [0, 0.05) is 24.0 Å². The highest BCUT2D eigenvalue weighted by Crippen LogP contribution is 2.30. The monoisotopic (exact) mass is 322 g/mol. The first kappa shape index (κ1) is 14.8. The fourth-order valence-corrected chi connectivity index (χ4v) is 2.98. The molecule has 1 aliphatic heterocycles. The molecule has 0 spiro atoms. The summed E-state index contributed by atoms with van der Waals surface area (Å²) in [6, 6.07) is 7.69. The standard InChI is InChI=1S/C18H18N4O2/c1-10-15-7-11(2-5-14(15)18(24)21-10)6-13-8-16(20-9-19-13)22-17(23)12-3-4-12/h2,5,7-10,12H,3-4,6H2,1H3,(H,21,24)(H,19,20,22,23). The van der Waals surface area contributed by atoms with Gasteiger partial charge in [-0.15, -0.1) is 0 Å². The van der Waals surface area contributed by atoms with Crippen LogP contribution in [0.5, 0.6) is 0 Å². The van der Waals surface area contributed by atoms with Gasteiger partial charge in [0.1, 0.15) is 12.1 Å². The summed E-state index contributed by atoms with van der Waals surface area (Å²) < 4.78 is 0. The minimum Gasteiger partial charge on any atom is -0.345 e. The Bertz CT molecular complexity index is 830. The van der Waals surface area contributed by atoms with Crippen molar-refractivity contribution in [1.29, 1.82) is 0 Å². The van der Waals surface area contributed by atoms with Crippen molar-refractivity contribution in [2.45, 2.75) is 32.2 Å². The van der Waals surface area contributed by atoms with Gasteiger partial charge >= 0.3 is 0 Å². The molecular formula is C18H18N4O2. The Morgan fingerprint density at radius 2 is 2.12 bits per heavy atom. The van der Waals surface area contributed by atoms with Gasteiger partial charge in [-0.1, -0.05) is 12.1 Å². The van der Waals surface area contributed by atoms with Crippen LogP contribution in [0.25, 0.3) is 0 Å². The highest BCUT2D eigenvalue weighted by molar-refractivity contribution is 5.99. The van der Waals surface area contributed by atoms with Crippen LogP contribution >= 0.6 is 0 Å². The summed E-state index contributed by atoms with van der Waals surface area (Å²) in [5, 5.41) is 5.75. The zero-order valence-corrected chi connectivity index (χ0v) is 13.4. The Balaban J connectivity index is 1.52. The van der Waals surface area contributed by atoms with Crippen molar-refractivity contribution < 1.29 is 9.59 Å². The maximum atomic E-state index is 11.8. The number of nitrogens with zero attached hydrogens (tertiary/aromatic N) is 2. The van der Waals surface area contributed by atoms with Crippen LogP contribution in [0.1, 0.15) is 53.0 Å². The normalized spacial score (nSPS) is 18.9. The van der Waals surface area contributed by atoms with Gasteiger partial charge in [0.2, 0.25) is 5.91 Å². The number of nitrogens with one attached hydrogen (secondary N) is 2. The van der Waals surface area contributed by atoms with E-state index in [0.717, 1.165) is 35.2 Å². The molecule has 2 amide bonds. The van der Waals surface area contributed by atoms with Crippen molar-refractivity contribution in [1.82, 2.24) is 15.3 Å². The second-order valence-electron chi connectivity index (χ2n) is 6.45. The largest absolute Gasteiger partial charge is 0.345 e. The Kier molecular flexibility index (Phi) is 3.52. The molecule has 1 saturated carbocycles. The zero-order valence-electron chi connectivity index (χ0n) is 13.4. The lowest BCUT2D eigenvalue weighted by molar-refractivity contribution is -0.117. The van der Waals surface area contributed by atoms with E-state index in [-0.39, 0.29) is 23.8 Å². The van der Waals surface area contributed by atoms with Crippen molar-refractivity contribution in [3.05, 3.63) is 53.0 Å². The molecule has 24 heavy (non-hydrogen) atoms. The summed E-state index contributed by atoms with van der Waals surface area (Å²) in [7, 11) is 0. The molecule has 2 aromatic rings. The van der Waals surface area contributed by atoms with Crippen LogP contribution in [0.4, 0.5) is 5.82 Å². The fraction of sp³-hybridized carbons (Fsp3) is 0.333. The molecule has 1 aromatic carbocycles. The number of hydrogen-bond donors (Lipinski definition) is 2. The second-order valence-corrected chi connectivity index (χ2v) is 6.45. The summed E-state index contributed by atoms with van der Waals surface area (Å²) in [5.74, 6) is 0.710. The third-order valence-electron chi connectivity index (χ3n) is 4.48. The molecule has 1 aromatic heterocycles. The molecule has 0 saturated heterocycles. The predicted molar refractivity (Wildman–Crippen MR) is 88.5 cm³/mol. The van der Waals surface area contributed by atoms with E-state index in [1.165, 1.54) is 6.33 Å². The smallest absolute Gasteiger partial charge is 0.252 e.